The van der Waals surface area contributed by atoms with Crippen molar-refractivity contribution in [2.24, 2.45) is 0 Å². The molecular formula is C13H11ClN2O3. The van der Waals surface area contributed by atoms with E-state index in [0.29, 0.717) is 16.5 Å². The second-order valence-corrected chi connectivity index (χ2v) is 4.12. The van der Waals surface area contributed by atoms with Crippen LogP contribution in [0.3, 0.4) is 0 Å². The number of rotatable bonds is 3. The molecule has 1 heterocycles. The molecule has 0 atom stereocenters. The molecular weight excluding hydrogens is 268 g/mol. The largest absolute Gasteiger partial charge is 0.505 e. The molecule has 0 radical (unpaired) electrons. The summed E-state index contributed by atoms with van der Waals surface area (Å²) in [7, 11) is 1.25. The van der Waals surface area contributed by atoms with E-state index in [1.54, 1.807) is 24.3 Å². The monoisotopic (exact) mass is 278 g/mol. The highest BCUT2D eigenvalue weighted by atomic mass is 35.5. The van der Waals surface area contributed by atoms with Gasteiger partial charge in [-0.2, -0.15) is 0 Å². The van der Waals surface area contributed by atoms with Crippen LogP contribution >= 0.6 is 11.6 Å². The first-order valence-corrected chi connectivity index (χ1v) is 5.78. The number of carbonyl (C=O) groups is 1. The number of methoxy groups -OCH3 is 1. The van der Waals surface area contributed by atoms with Crippen LogP contribution in [0.4, 0.5) is 11.5 Å². The van der Waals surface area contributed by atoms with Gasteiger partial charge in [0.15, 0.2) is 5.75 Å². The Balaban J connectivity index is 2.30. The van der Waals surface area contributed by atoms with Crippen LogP contribution in [0.25, 0.3) is 0 Å². The van der Waals surface area contributed by atoms with Crippen molar-refractivity contribution in [3.05, 3.63) is 47.1 Å². The zero-order valence-corrected chi connectivity index (χ0v) is 10.8. The van der Waals surface area contributed by atoms with E-state index in [2.05, 4.69) is 15.0 Å². The molecule has 0 spiro atoms. The third kappa shape index (κ3) is 2.95. The predicted octanol–water partition coefficient (Wildman–Crippen LogP) is 2.97. The van der Waals surface area contributed by atoms with E-state index < -0.39 is 5.97 Å². The Labute approximate surface area is 114 Å². The fourth-order valence-corrected chi connectivity index (χ4v) is 1.62. The van der Waals surface area contributed by atoms with Gasteiger partial charge in [0, 0.05) is 6.20 Å². The minimum Gasteiger partial charge on any atom is -0.505 e. The number of esters is 1. The summed E-state index contributed by atoms with van der Waals surface area (Å²) >= 11 is 5.73. The number of nitrogens with zero attached hydrogens (tertiary/aromatic N) is 1. The number of ether oxygens (including phenoxy) is 1. The second-order valence-electron chi connectivity index (χ2n) is 3.68. The van der Waals surface area contributed by atoms with Gasteiger partial charge in [-0.3, -0.25) is 0 Å². The van der Waals surface area contributed by atoms with E-state index in [1.165, 1.54) is 19.4 Å². The van der Waals surface area contributed by atoms with Crippen LogP contribution in [0.1, 0.15) is 10.4 Å². The van der Waals surface area contributed by atoms with Gasteiger partial charge in [-0.25, -0.2) is 9.78 Å². The van der Waals surface area contributed by atoms with Crippen LogP contribution in [0.2, 0.25) is 5.02 Å². The van der Waals surface area contributed by atoms with E-state index in [-0.39, 0.29) is 11.3 Å². The van der Waals surface area contributed by atoms with Crippen molar-refractivity contribution in [1.29, 1.82) is 0 Å². The first kappa shape index (κ1) is 13.2. The molecule has 1 aromatic heterocycles. The average Bonchev–Trinajstić information content (AvgIpc) is 2.43. The zero-order chi connectivity index (χ0) is 13.8. The molecule has 0 amide bonds. The number of hydrogen-bond donors (Lipinski definition) is 2. The van der Waals surface area contributed by atoms with E-state index in [0.717, 1.165) is 0 Å². The summed E-state index contributed by atoms with van der Waals surface area (Å²) in [5.41, 5.74) is 0.444. The number of nitrogens with one attached hydrogen (secondary N) is 1. The minimum absolute atomic E-state index is 0.0847. The Morgan fingerprint density at radius 3 is 2.79 bits per heavy atom. The Morgan fingerprint density at radius 2 is 2.16 bits per heavy atom. The lowest BCUT2D eigenvalue weighted by Crippen LogP contribution is -2.03. The van der Waals surface area contributed by atoms with Crippen molar-refractivity contribution in [3.63, 3.8) is 0 Å². The van der Waals surface area contributed by atoms with Gasteiger partial charge in [0.05, 0.1) is 17.8 Å². The van der Waals surface area contributed by atoms with Crippen molar-refractivity contribution >= 4 is 29.1 Å². The summed E-state index contributed by atoms with van der Waals surface area (Å²) in [5, 5.41) is 13.4. The number of phenolic OH excluding ortho intramolecular Hbond substituents is 1. The lowest BCUT2D eigenvalue weighted by molar-refractivity contribution is 0.0597. The van der Waals surface area contributed by atoms with Crippen molar-refractivity contribution in [2.45, 2.75) is 0 Å². The molecule has 19 heavy (non-hydrogen) atoms. The maximum absolute atomic E-state index is 11.4. The molecule has 0 aliphatic rings. The third-order valence-electron chi connectivity index (χ3n) is 2.43. The molecule has 0 saturated carbocycles. The van der Waals surface area contributed by atoms with Crippen LogP contribution in [0.15, 0.2) is 36.5 Å². The number of phenols is 1. The van der Waals surface area contributed by atoms with Crippen molar-refractivity contribution in [1.82, 2.24) is 4.98 Å². The minimum atomic E-state index is -0.606. The van der Waals surface area contributed by atoms with Gasteiger partial charge >= 0.3 is 5.97 Å². The molecule has 0 aliphatic heterocycles. The van der Waals surface area contributed by atoms with Crippen molar-refractivity contribution in [2.75, 3.05) is 12.4 Å². The smallest absolute Gasteiger partial charge is 0.341 e. The molecule has 2 N–H and O–H groups in total. The fraction of sp³-hybridized carbons (Fsp3) is 0.0769. The molecule has 0 fully saturated rings. The maximum atomic E-state index is 11.4. The highest BCUT2D eigenvalue weighted by Gasteiger charge is 2.14. The molecule has 2 aromatic rings. The summed E-state index contributed by atoms with van der Waals surface area (Å²) in [6.45, 7) is 0. The zero-order valence-electron chi connectivity index (χ0n) is 10.1. The standard InChI is InChI=1S/C13H11ClN2O3/c1-19-13(18)9-3-2-4-10(12(9)17)16-11-6-5-8(14)7-15-11/h2-7,17H,1H3,(H,15,16). The lowest BCUT2D eigenvalue weighted by Gasteiger charge is -2.10. The highest BCUT2D eigenvalue weighted by molar-refractivity contribution is 6.30. The van der Waals surface area contributed by atoms with Gasteiger partial charge in [-0.1, -0.05) is 17.7 Å². The number of benzene rings is 1. The Bertz CT molecular complexity index is 599. The molecule has 1 aromatic carbocycles. The highest BCUT2D eigenvalue weighted by Crippen LogP contribution is 2.30. The number of para-hydroxylation sites is 1. The molecule has 0 aliphatic carbocycles. The molecule has 0 unspecified atom stereocenters. The molecule has 98 valence electrons. The van der Waals surface area contributed by atoms with E-state index in [9.17, 15) is 9.90 Å². The van der Waals surface area contributed by atoms with E-state index >= 15 is 0 Å². The predicted molar refractivity (Wildman–Crippen MR) is 72.0 cm³/mol. The van der Waals surface area contributed by atoms with Gasteiger partial charge in [0.1, 0.15) is 11.4 Å². The Hall–Kier alpha value is -2.27. The summed E-state index contributed by atoms with van der Waals surface area (Å²) in [6.07, 6.45) is 1.48. The van der Waals surface area contributed by atoms with Gasteiger partial charge in [-0.05, 0) is 24.3 Å². The van der Waals surface area contributed by atoms with Crippen molar-refractivity contribution < 1.29 is 14.6 Å². The van der Waals surface area contributed by atoms with Crippen LogP contribution < -0.4 is 5.32 Å². The molecule has 0 bridgehead atoms. The number of anilines is 2. The molecule has 0 saturated heterocycles. The van der Waals surface area contributed by atoms with Crippen LogP contribution in [0, 0.1) is 0 Å². The summed E-state index contributed by atoms with van der Waals surface area (Å²) in [4.78, 5) is 15.5. The van der Waals surface area contributed by atoms with E-state index in [4.69, 9.17) is 11.6 Å². The van der Waals surface area contributed by atoms with Crippen LogP contribution in [-0.2, 0) is 4.74 Å². The summed E-state index contributed by atoms with van der Waals surface area (Å²) < 4.78 is 4.58. The normalized spacial score (nSPS) is 10.0. The Kier molecular flexibility index (Phi) is 3.87. The number of halogens is 1. The van der Waals surface area contributed by atoms with Gasteiger partial charge in [-0.15, -0.1) is 0 Å². The maximum Gasteiger partial charge on any atom is 0.341 e. The first-order valence-electron chi connectivity index (χ1n) is 5.40. The number of aromatic hydroxyl groups is 1. The van der Waals surface area contributed by atoms with Crippen molar-refractivity contribution in [3.8, 4) is 5.75 Å². The Morgan fingerprint density at radius 1 is 1.37 bits per heavy atom. The van der Waals surface area contributed by atoms with Crippen LogP contribution in [-0.4, -0.2) is 23.2 Å². The summed E-state index contributed by atoms with van der Waals surface area (Å²) in [6, 6.07) is 8.05. The second kappa shape index (κ2) is 5.58. The SMILES string of the molecule is COC(=O)c1cccc(Nc2ccc(Cl)cn2)c1O. The van der Waals surface area contributed by atoms with Crippen LogP contribution in [0.5, 0.6) is 5.75 Å². The number of pyridine rings is 1. The fourth-order valence-electron chi connectivity index (χ4n) is 1.51. The topological polar surface area (TPSA) is 71.5 Å². The number of hydrogen-bond acceptors (Lipinski definition) is 5. The van der Waals surface area contributed by atoms with Gasteiger partial charge < -0.3 is 15.2 Å². The third-order valence-corrected chi connectivity index (χ3v) is 2.66. The average molecular weight is 279 g/mol. The number of carbonyl (C=O) groups excluding carboxylic acids is 1. The van der Waals surface area contributed by atoms with Gasteiger partial charge in [0.2, 0.25) is 0 Å². The first-order chi connectivity index (χ1) is 9.11. The molecule has 2 rings (SSSR count). The number of aromatic nitrogens is 1. The van der Waals surface area contributed by atoms with E-state index in [1.807, 2.05) is 0 Å². The molecule has 6 heteroatoms. The lowest BCUT2D eigenvalue weighted by atomic mass is 10.1. The summed E-state index contributed by atoms with van der Waals surface area (Å²) in [5.74, 6) is -0.293. The molecule has 5 nitrogen and oxygen atoms in total. The quantitative estimate of drug-likeness (QED) is 0.667. The van der Waals surface area contributed by atoms with Gasteiger partial charge in [0.25, 0.3) is 0 Å².